The minimum Gasteiger partial charge on any atom is -0.495 e. The number of nitrogens with one attached hydrogen (secondary N) is 1. The topological polar surface area (TPSA) is 50.8 Å². The molecule has 124 valence electrons. The molecule has 0 spiro atoms. The van der Waals surface area contributed by atoms with Crippen molar-refractivity contribution in [2.45, 2.75) is 6.43 Å². The normalized spacial score (nSPS) is 10.6. The van der Waals surface area contributed by atoms with Gasteiger partial charge < -0.3 is 19.7 Å². The van der Waals surface area contributed by atoms with Crippen LogP contribution in [0.1, 0.15) is 0 Å². The van der Waals surface area contributed by atoms with E-state index in [1.54, 1.807) is 18.2 Å². The summed E-state index contributed by atoms with van der Waals surface area (Å²) in [6, 6.07) is 4.90. The highest BCUT2D eigenvalue weighted by Gasteiger charge is 2.18. The number of benzene rings is 1. The number of anilines is 1. The van der Waals surface area contributed by atoms with Crippen LogP contribution in [-0.4, -0.2) is 57.7 Å². The van der Waals surface area contributed by atoms with Gasteiger partial charge in [-0.15, -0.1) is 0 Å². The molecule has 5 nitrogen and oxygen atoms in total. The molecule has 0 unspecified atom stereocenters. The Bertz CT molecular complexity index is 489. The maximum Gasteiger partial charge on any atom is 0.255 e. The summed E-state index contributed by atoms with van der Waals surface area (Å²) >= 11 is 5.88. The van der Waals surface area contributed by atoms with E-state index in [2.05, 4.69) is 5.32 Å². The summed E-state index contributed by atoms with van der Waals surface area (Å²) in [7, 11) is 2.93. The van der Waals surface area contributed by atoms with Crippen molar-refractivity contribution >= 4 is 23.2 Å². The quantitative estimate of drug-likeness (QED) is 0.753. The van der Waals surface area contributed by atoms with Gasteiger partial charge in [-0.25, -0.2) is 8.78 Å². The molecule has 0 aromatic heterocycles. The Balaban J connectivity index is 2.67. The number of alkyl halides is 2. The molecule has 0 saturated carbocycles. The van der Waals surface area contributed by atoms with E-state index >= 15 is 0 Å². The zero-order chi connectivity index (χ0) is 16.5. The Labute approximate surface area is 133 Å². The molecule has 1 aromatic rings. The molecule has 1 rings (SSSR count). The second-order valence-corrected chi connectivity index (χ2v) is 4.86. The van der Waals surface area contributed by atoms with Crippen LogP contribution in [0.15, 0.2) is 18.2 Å². The van der Waals surface area contributed by atoms with Crippen molar-refractivity contribution in [3.05, 3.63) is 23.2 Å². The van der Waals surface area contributed by atoms with Crippen LogP contribution in [0.3, 0.4) is 0 Å². The second-order valence-electron chi connectivity index (χ2n) is 4.42. The summed E-state index contributed by atoms with van der Waals surface area (Å²) in [5.74, 6) is 0.0499. The van der Waals surface area contributed by atoms with E-state index in [0.29, 0.717) is 16.5 Å². The van der Waals surface area contributed by atoms with Crippen LogP contribution in [0.4, 0.5) is 14.5 Å². The largest absolute Gasteiger partial charge is 0.495 e. The number of nitrogens with zero attached hydrogens (tertiary/aromatic N) is 1. The minimum atomic E-state index is -2.60. The van der Waals surface area contributed by atoms with Crippen LogP contribution in [0.2, 0.25) is 5.02 Å². The van der Waals surface area contributed by atoms with Crippen molar-refractivity contribution in [2.24, 2.45) is 0 Å². The highest BCUT2D eigenvalue weighted by molar-refractivity contribution is 6.30. The fraction of sp³-hybridized carbons (Fsp3) is 0.500. The molecule has 0 bridgehead atoms. The first-order valence-electron chi connectivity index (χ1n) is 6.60. The summed E-state index contributed by atoms with van der Waals surface area (Å²) in [6.07, 6.45) is -2.60. The van der Waals surface area contributed by atoms with E-state index in [-0.39, 0.29) is 19.7 Å². The molecule has 0 heterocycles. The number of hydrogen-bond acceptors (Lipinski definition) is 4. The molecule has 0 atom stereocenters. The van der Waals surface area contributed by atoms with Gasteiger partial charge in [-0.2, -0.15) is 0 Å². The van der Waals surface area contributed by atoms with Gasteiger partial charge in [0.15, 0.2) is 0 Å². The number of halogens is 3. The van der Waals surface area contributed by atoms with Gasteiger partial charge in [0.05, 0.1) is 32.5 Å². The molecule has 0 saturated heterocycles. The molecular weight excluding hydrogens is 318 g/mol. The van der Waals surface area contributed by atoms with Crippen molar-refractivity contribution in [3.8, 4) is 5.75 Å². The third-order valence-electron chi connectivity index (χ3n) is 2.87. The predicted molar refractivity (Wildman–Crippen MR) is 81.0 cm³/mol. The monoisotopic (exact) mass is 336 g/mol. The van der Waals surface area contributed by atoms with Gasteiger partial charge in [-0.3, -0.25) is 4.79 Å². The standard InChI is InChI=1S/C14H19ClF2N2O3/c1-21-6-5-19(9-13(16)17)14(20)8-18-11-7-10(15)3-4-12(11)22-2/h3-4,7,13,18H,5-6,8-9H2,1-2H3. The molecule has 0 fully saturated rings. The number of amides is 1. The average molecular weight is 337 g/mol. The Hall–Kier alpha value is -1.60. The molecule has 0 aliphatic rings. The SMILES string of the molecule is COCCN(CC(F)F)C(=O)CNc1cc(Cl)ccc1OC. The third kappa shape index (κ3) is 6.03. The van der Waals surface area contributed by atoms with Gasteiger partial charge in [-0.1, -0.05) is 11.6 Å². The van der Waals surface area contributed by atoms with Gasteiger partial charge in [0.2, 0.25) is 5.91 Å². The van der Waals surface area contributed by atoms with Crippen molar-refractivity contribution in [1.82, 2.24) is 4.90 Å². The van der Waals surface area contributed by atoms with Crippen molar-refractivity contribution in [3.63, 3.8) is 0 Å². The zero-order valence-corrected chi connectivity index (χ0v) is 13.2. The first-order valence-corrected chi connectivity index (χ1v) is 6.98. The zero-order valence-electron chi connectivity index (χ0n) is 12.4. The fourth-order valence-corrected chi connectivity index (χ4v) is 1.96. The molecule has 0 aliphatic carbocycles. The molecule has 0 aliphatic heterocycles. The second kappa shape index (κ2) is 9.42. The summed E-state index contributed by atoms with van der Waals surface area (Å²) in [6.45, 7) is -0.476. The lowest BCUT2D eigenvalue weighted by molar-refractivity contribution is -0.131. The highest BCUT2D eigenvalue weighted by Crippen LogP contribution is 2.27. The molecule has 1 amide bonds. The van der Waals surface area contributed by atoms with Crippen LogP contribution in [0, 0.1) is 0 Å². The molecular formula is C14H19ClF2N2O3. The minimum absolute atomic E-state index is 0.105. The number of ether oxygens (including phenoxy) is 2. The maximum atomic E-state index is 12.5. The van der Waals surface area contributed by atoms with E-state index in [0.717, 1.165) is 4.90 Å². The maximum absolute atomic E-state index is 12.5. The molecule has 8 heteroatoms. The molecule has 0 radical (unpaired) electrons. The molecule has 22 heavy (non-hydrogen) atoms. The first-order chi connectivity index (χ1) is 10.5. The van der Waals surface area contributed by atoms with Crippen molar-refractivity contribution in [1.29, 1.82) is 0 Å². The number of methoxy groups -OCH3 is 2. The van der Waals surface area contributed by atoms with E-state index < -0.39 is 18.9 Å². The smallest absolute Gasteiger partial charge is 0.255 e. The van der Waals surface area contributed by atoms with Crippen molar-refractivity contribution < 1.29 is 23.0 Å². The first kappa shape index (κ1) is 18.4. The van der Waals surface area contributed by atoms with Crippen LogP contribution < -0.4 is 10.1 Å². The lowest BCUT2D eigenvalue weighted by Crippen LogP contribution is -2.40. The predicted octanol–water partition coefficient (Wildman–Crippen LogP) is 2.50. The van der Waals surface area contributed by atoms with Crippen LogP contribution >= 0.6 is 11.6 Å². The van der Waals surface area contributed by atoms with E-state index in [1.807, 2.05) is 0 Å². The van der Waals surface area contributed by atoms with E-state index in [1.165, 1.54) is 14.2 Å². The number of hydrogen-bond donors (Lipinski definition) is 1. The summed E-state index contributed by atoms with van der Waals surface area (Å²) in [5, 5.41) is 3.32. The van der Waals surface area contributed by atoms with Crippen molar-refractivity contribution in [2.75, 3.05) is 45.8 Å². The summed E-state index contributed by atoms with van der Waals surface area (Å²) < 4.78 is 35.0. The lowest BCUT2D eigenvalue weighted by atomic mass is 10.3. The Morgan fingerprint density at radius 3 is 2.73 bits per heavy atom. The average Bonchev–Trinajstić information content (AvgIpc) is 2.48. The van der Waals surface area contributed by atoms with Gasteiger partial charge >= 0.3 is 0 Å². The van der Waals surface area contributed by atoms with Crippen LogP contribution in [0.5, 0.6) is 5.75 Å². The highest BCUT2D eigenvalue weighted by atomic mass is 35.5. The number of carbonyl (C=O) groups excluding carboxylic acids is 1. The van der Waals surface area contributed by atoms with Gasteiger partial charge in [0.25, 0.3) is 6.43 Å². The van der Waals surface area contributed by atoms with Crippen LogP contribution in [-0.2, 0) is 9.53 Å². The molecule has 1 aromatic carbocycles. The fourth-order valence-electron chi connectivity index (χ4n) is 1.79. The Morgan fingerprint density at radius 2 is 2.14 bits per heavy atom. The summed E-state index contributed by atoms with van der Waals surface area (Å²) in [5.41, 5.74) is 0.520. The van der Waals surface area contributed by atoms with Gasteiger partial charge in [0.1, 0.15) is 5.75 Å². The summed E-state index contributed by atoms with van der Waals surface area (Å²) in [4.78, 5) is 13.1. The van der Waals surface area contributed by atoms with Gasteiger partial charge in [0, 0.05) is 18.7 Å². The van der Waals surface area contributed by atoms with E-state index in [9.17, 15) is 13.6 Å². The van der Waals surface area contributed by atoms with Gasteiger partial charge in [-0.05, 0) is 18.2 Å². The number of rotatable bonds is 9. The van der Waals surface area contributed by atoms with Crippen LogP contribution in [0.25, 0.3) is 0 Å². The third-order valence-corrected chi connectivity index (χ3v) is 3.10. The van der Waals surface area contributed by atoms with E-state index in [4.69, 9.17) is 21.1 Å². The Kier molecular flexibility index (Phi) is 7.90. The molecule has 1 N–H and O–H groups in total. The lowest BCUT2D eigenvalue weighted by Gasteiger charge is -2.22. The Morgan fingerprint density at radius 1 is 1.41 bits per heavy atom. The number of carbonyl (C=O) groups is 1.